The maximum Gasteiger partial charge on any atom is 0.330 e. The number of nitrogens with zero attached hydrogens (tertiary/aromatic N) is 2. The van der Waals surface area contributed by atoms with Gasteiger partial charge in [-0.05, 0) is 49.4 Å². The third kappa shape index (κ3) is 5.13. The number of esters is 1. The summed E-state index contributed by atoms with van der Waals surface area (Å²) in [5.41, 5.74) is 2.99. The second-order valence-electron chi connectivity index (χ2n) is 4.95. The van der Waals surface area contributed by atoms with Crippen LogP contribution >= 0.6 is 0 Å². The Hall–Kier alpha value is -2.49. The third-order valence-electron chi connectivity index (χ3n) is 3.27. The predicted octanol–water partition coefficient (Wildman–Crippen LogP) is 3.59. The van der Waals surface area contributed by atoms with Crippen LogP contribution in [0.2, 0.25) is 0 Å². The third-order valence-corrected chi connectivity index (χ3v) is 3.27. The van der Waals surface area contributed by atoms with Gasteiger partial charge in [0.05, 0.1) is 18.0 Å². The van der Waals surface area contributed by atoms with E-state index >= 15 is 0 Å². The minimum Gasteiger partial charge on any atom is -0.463 e. The van der Waals surface area contributed by atoms with Crippen molar-refractivity contribution in [2.75, 3.05) is 6.61 Å². The monoisotopic (exact) mass is 296 g/mol. The Balaban J connectivity index is 1.71. The highest BCUT2D eigenvalue weighted by molar-refractivity contribution is 5.81. The van der Waals surface area contributed by atoms with E-state index in [4.69, 9.17) is 4.74 Å². The van der Waals surface area contributed by atoms with Gasteiger partial charge in [-0.25, -0.2) is 4.79 Å². The van der Waals surface area contributed by atoms with Crippen LogP contribution in [0.4, 0.5) is 0 Å². The van der Waals surface area contributed by atoms with Crippen LogP contribution in [0.5, 0.6) is 0 Å². The lowest BCUT2D eigenvalue weighted by atomic mass is 10.1. The zero-order valence-corrected chi connectivity index (χ0v) is 12.6. The first-order valence-corrected chi connectivity index (χ1v) is 7.45. The van der Waals surface area contributed by atoms with Crippen molar-refractivity contribution >= 4 is 5.97 Å². The van der Waals surface area contributed by atoms with Crippen LogP contribution in [0, 0.1) is 0 Å². The molecular weight excluding hydrogens is 276 g/mol. The van der Waals surface area contributed by atoms with Crippen LogP contribution < -0.4 is 0 Å². The number of carbonyl (C=O) groups excluding carboxylic acids is 1. The SMILES string of the molecule is C=CC(=O)OCCCCCc1ccc(-c2ccccn2)nc1. The van der Waals surface area contributed by atoms with E-state index in [1.807, 2.05) is 30.5 Å². The average molecular weight is 296 g/mol. The van der Waals surface area contributed by atoms with Gasteiger partial charge >= 0.3 is 5.97 Å². The number of rotatable bonds is 8. The van der Waals surface area contributed by atoms with Gasteiger partial charge in [-0.1, -0.05) is 18.7 Å². The summed E-state index contributed by atoms with van der Waals surface area (Å²) in [4.78, 5) is 19.6. The summed E-state index contributed by atoms with van der Waals surface area (Å²) in [6, 6.07) is 9.89. The molecule has 114 valence electrons. The number of aromatic nitrogens is 2. The lowest BCUT2D eigenvalue weighted by Gasteiger charge is -2.04. The summed E-state index contributed by atoms with van der Waals surface area (Å²) in [5.74, 6) is -0.352. The zero-order chi connectivity index (χ0) is 15.6. The lowest BCUT2D eigenvalue weighted by molar-refractivity contribution is -0.137. The van der Waals surface area contributed by atoms with E-state index in [1.54, 1.807) is 6.20 Å². The fourth-order valence-corrected chi connectivity index (χ4v) is 2.08. The van der Waals surface area contributed by atoms with Crippen molar-refractivity contribution in [3.05, 3.63) is 60.9 Å². The van der Waals surface area contributed by atoms with E-state index in [0.29, 0.717) is 6.61 Å². The van der Waals surface area contributed by atoms with Crippen molar-refractivity contribution in [3.8, 4) is 11.4 Å². The van der Waals surface area contributed by atoms with E-state index in [2.05, 4.69) is 22.6 Å². The molecule has 0 radical (unpaired) electrons. The van der Waals surface area contributed by atoms with Crippen LogP contribution in [-0.4, -0.2) is 22.5 Å². The van der Waals surface area contributed by atoms with Gasteiger partial charge in [0.2, 0.25) is 0 Å². The zero-order valence-electron chi connectivity index (χ0n) is 12.6. The Labute approximate surface area is 130 Å². The molecule has 0 fully saturated rings. The van der Waals surface area contributed by atoms with Crippen LogP contribution in [0.15, 0.2) is 55.4 Å². The van der Waals surface area contributed by atoms with Crippen molar-refractivity contribution < 1.29 is 9.53 Å². The van der Waals surface area contributed by atoms with Gasteiger partial charge in [0.15, 0.2) is 0 Å². The maximum atomic E-state index is 10.9. The van der Waals surface area contributed by atoms with Gasteiger partial charge in [0.25, 0.3) is 0 Å². The van der Waals surface area contributed by atoms with Gasteiger partial charge in [-0.2, -0.15) is 0 Å². The molecule has 0 aliphatic carbocycles. The largest absolute Gasteiger partial charge is 0.463 e. The van der Waals surface area contributed by atoms with Crippen molar-refractivity contribution in [3.63, 3.8) is 0 Å². The van der Waals surface area contributed by atoms with Crippen molar-refractivity contribution in [2.24, 2.45) is 0 Å². The molecule has 0 spiro atoms. The Kier molecular flexibility index (Phi) is 6.30. The second-order valence-corrected chi connectivity index (χ2v) is 4.95. The Morgan fingerprint density at radius 2 is 1.95 bits per heavy atom. The maximum absolute atomic E-state index is 10.9. The molecule has 0 N–H and O–H groups in total. The average Bonchev–Trinajstić information content (AvgIpc) is 2.59. The van der Waals surface area contributed by atoms with E-state index in [9.17, 15) is 4.79 Å². The molecule has 0 unspecified atom stereocenters. The molecule has 2 aromatic rings. The summed E-state index contributed by atoms with van der Waals surface area (Å²) < 4.78 is 4.93. The molecule has 0 aliphatic rings. The van der Waals surface area contributed by atoms with Crippen molar-refractivity contribution in [1.29, 1.82) is 0 Å². The lowest BCUT2D eigenvalue weighted by Crippen LogP contribution is -2.01. The molecule has 0 aromatic carbocycles. The van der Waals surface area contributed by atoms with E-state index in [0.717, 1.165) is 37.1 Å². The first kappa shape index (κ1) is 15.9. The highest BCUT2D eigenvalue weighted by Gasteiger charge is 2.01. The molecule has 0 amide bonds. The second kappa shape index (κ2) is 8.72. The number of carbonyl (C=O) groups is 1. The molecule has 0 bridgehead atoms. The molecule has 2 rings (SSSR count). The summed E-state index contributed by atoms with van der Waals surface area (Å²) >= 11 is 0. The van der Waals surface area contributed by atoms with Gasteiger partial charge in [-0.3, -0.25) is 9.97 Å². The molecule has 2 heterocycles. The number of unbranched alkanes of at least 4 members (excludes halogenated alkanes) is 2. The number of hydrogen-bond acceptors (Lipinski definition) is 4. The smallest absolute Gasteiger partial charge is 0.330 e. The molecule has 0 saturated heterocycles. The first-order chi connectivity index (χ1) is 10.8. The molecule has 4 heteroatoms. The van der Waals surface area contributed by atoms with E-state index < -0.39 is 0 Å². The van der Waals surface area contributed by atoms with Crippen LogP contribution in [0.1, 0.15) is 24.8 Å². The number of ether oxygens (including phenoxy) is 1. The Morgan fingerprint density at radius 3 is 2.64 bits per heavy atom. The minimum absolute atomic E-state index is 0.352. The van der Waals surface area contributed by atoms with Gasteiger partial charge in [-0.15, -0.1) is 0 Å². The molecule has 22 heavy (non-hydrogen) atoms. The van der Waals surface area contributed by atoms with Gasteiger partial charge in [0.1, 0.15) is 0 Å². The number of aryl methyl sites for hydroxylation is 1. The molecule has 2 aromatic heterocycles. The number of hydrogen-bond donors (Lipinski definition) is 0. The summed E-state index contributed by atoms with van der Waals surface area (Å²) in [6.07, 6.45) is 8.78. The van der Waals surface area contributed by atoms with Crippen molar-refractivity contribution in [2.45, 2.75) is 25.7 Å². The van der Waals surface area contributed by atoms with Crippen molar-refractivity contribution in [1.82, 2.24) is 9.97 Å². The standard InChI is InChI=1S/C18H20N2O2/c1-2-18(21)22-13-7-3-4-8-15-10-11-17(20-14-15)16-9-5-6-12-19-16/h2,5-6,9-12,14H,1,3-4,7-8,13H2. The molecular formula is C18H20N2O2. The van der Waals surface area contributed by atoms with Crippen LogP contribution in [0.3, 0.4) is 0 Å². The van der Waals surface area contributed by atoms with Gasteiger partial charge in [0, 0.05) is 18.5 Å². The van der Waals surface area contributed by atoms with E-state index in [-0.39, 0.29) is 5.97 Å². The van der Waals surface area contributed by atoms with Crippen LogP contribution in [0.25, 0.3) is 11.4 Å². The highest BCUT2D eigenvalue weighted by atomic mass is 16.5. The Morgan fingerprint density at radius 1 is 1.09 bits per heavy atom. The molecule has 4 nitrogen and oxygen atoms in total. The molecule has 0 atom stereocenters. The Bertz CT molecular complexity index is 594. The van der Waals surface area contributed by atoms with Gasteiger partial charge < -0.3 is 4.74 Å². The predicted molar refractivity (Wildman–Crippen MR) is 86.2 cm³/mol. The minimum atomic E-state index is -0.352. The number of pyridine rings is 2. The quantitative estimate of drug-likeness (QED) is 0.424. The first-order valence-electron chi connectivity index (χ1n) is 7.45. The fraction of sp³-hybridized carbons (Fsp3) is 0.278. The summed E-state index contributed by atoms with van der Waals surface area (Å²) in [5, 5.41) is 0. The van der Waals surface area contributed by atoms with Crippen LogP contribution in [-0.2, 0) is 16.0 Å². The topological polar surface area (TPSA) is 52.1 Å². The summed E-state index contributed by atoms with van der Waals surface area (Å²) in [7, 11) is 0. The summed E-state index contributed by atoms with van der Waals surface area (Å²) in [6.45, 7) is 3.82. The fourth-order valence-electron chi connectivity index (χ4n) is 2.08. The van der Waals surface area contributed by atoms with E-state index in [1.165, 1.54) is 11.6 Å². The highest BCUT2D eigenvalue weighted by Crippen LogP contribution is 2.14. The normalized spacial score (nSPS) is 10.2. The molecule has 0 aliphatic heterocycles. The molecule has 0 saturated carbocycles.